The molecule has 0 radical (unpaired) electrons. The largest absolute Gasteiger partial charge is 0.306 e. The fourth-order valence-electron chi connectivity index (χ4n) is 3.20. The van der Waals surface area contributed by atoms with Crippen molar-refractivity contribution in [2.24, 2.45) is 0 Å². The van der Waals surface area contributed by atoms with Crippen molar-refractivity contribution in [3.05, 3.63) is 81.3 Å². The van der Waals surface area contributed by atoms with E-state index in [-0.39, 0.29) is 24.2 Å². The molecule has 138 valence electrons. The van der Waals surface area contributed by atoms with Gasteiger partial charge in [0.25, 0.3) is 5.56 Å². The lowest BCUT2D eigenvalue weighted by molar-refractivity contribution is 0.233. The van der Waals surface area contributed by atoms with Crippen LogP contribution in [0.3, 0.4) is 0 Å². The van der Waals surface area contributed by atoms with Gasteiger partial charge in [0.1, 0.15) is 11.6 Å². The van der Waals surface area contributed by atoms with Crippen LogP contribution in [-0.4, -0.2) is 26.4 Å². The molecule has 3 heterocycles. The Balaban J connectivity index is 1.61. The summed E-state index contributed by atoms with van der Waals surface area (Å²) in [5.74, 6) is -2.64. The van der Waals surface area contributed by atoms with E-state index in [1.807, 2.05) is 0 Å². The number of nitrogens with zero attached hydrogens (tertiary/aromatic N) is 3. The molecular weight excluding hydrogens is 357 g/mol. The number of aromatic nitrogens is 3. The molecule has 5 nitrogen and oxygen atoms in total. The number of H-pyrrole nitrogens is 1. The van der Waals surface area contributed by atoms with Crippen molar-refractivity contribution in [2.75, 3.05) is 6.54 Å². The molecule has 0 saturated heterocycles. The van der Waals surface area contributed by atoms with Gasteiger partial charge in [-0.15, -0.1) is 0 Å². The summed E-state index contributed by atoms with van der Waals surface area (Å²) in [4.78, 5) is 25.4. The van der Waals surface area contributed by atoms with Crippen molar-refractivity contribution < 1.29 is 13.2 Å². The van der Waals surface area contributed by atoms with E-state index in [1.165, 1.54) is 0 Å². The normalized spacial score (nSPS) is 14.2. The van der Waals surface area contributed by atoms with Gasteiger partial charge in [0.2, 0.25) is 0 Å². The highest BCUT2D eigenvalue weighted by Gasteiger charge is 2.24. The van der Waals surface area contributed by atoms with E-state index in [9.17, 15) is 18.0 Å². The molecule has 1 aliphatic rings. The number of halogens is 3. The summed E-state index contributed by atoms with van der Waals surface area (Å²) in [5, 5.41) is 0. The Morgan fingerprint density at radius 2 is 1.81 bits per heavy atom. The summed E-state index contributed by atoms with van der Waals surface area (Å²) < 4.78 is 41.2. The molecular formula is C19H15F3N4O. The van der Waals surface area contributed by atoms with E-state index in [0.29, 0.717) is 30.0 Å². The van der Waals surface area contributed by atoms with Crippen LogP contribution < -0.4 is 5.56 Å². The zero-order valence-corrected chi connectivity index (χ0v) is 14.2. The van der Waals surface area contributed by atoms with Crippen LogP contribution in [0, 0.1) is 17.5 Å². The fourth-order valence-corrected chi connectivity index (χ4v) is 3.20. The molecule has 2 aromatic heterocycles. The highest BCUT2D eigenvalue weighted by molar-refractivity contribution is 5.54. The number of benzene rings is 1. The van der Waals surface area contributed by atoms with Crippen LogP contribution in [0.2, 0.25) is 0 Å². The molecule has 0 spiro atoms. The van der Waals surface area contributed by atoms with Gasteiger partial charge < -0.3 is 4.98 Å². The fraction of sp³-hybridized carbons (Fsp3) is 0.211. The molecule has 1 aromatic carbocycles. The first-order valence-corrected chi connectivity index (χ1v) is 8.40. The lowest BCUT2D eigenvalue weighted by Crippen LogP contribution is -2.36. The third-order valence-electron chi connectivity index (χ3n) is 4.62. The molecule has 0 unspecified atom stereocenters. The lowest BCUT2D eigenvalue weighted by Gasteiger charge is -2.28. The second kappa shape index (κ2) is 6.96. The van der Waals surface area contributed by atoms with Crippen LogP contribution in [0.25, 0.3) is 11.4 Å². The second-order valence-electron chi connectivity index (χ2n) is 6.36. The molecule has 27 heavy (non-hydrogen) atoms. The van der Waals surface area contributed by atoms with Crippen molar-refractivity contribution in [2.45, 2.75) is 19.5 Å². The van der Waals surface area contributed by atoms with Crippen molar-refractivity contribution in [1.29, 1.82) is 0 Å². The van der Waals surface area contributed by atoms with Gasteiger partial charge in [-0.3, -0.25) is 14.7 Å². The molecule has 8 heteroatoms. The molecule has 0 fully saturated rings. The number of pyridine rings is 1. The number of aromatic amines is 1. The number of fused-ring (bicyclic) bond motifs is 1. The first-order chi connectivity index (χ1) is 13.0. The minimum atomic E-state index is -1.19. The molecule has 4 rings (SSSR count). The standard InChI is InChI=1S/C19H15F3N4O/c20-14-1-2-15(21)17(22)12(14)9-26-8-5-16-13(10-26)19(27)25-18(24-16)11-3-6-23-7-4-11/h1-4,6-7H,5,8-10H2,(H,24,25,27). The van der Waals surface area contributed by atoms with Crippen LogP contribution in [0.5, 0.6) is 0 Å². The molecule has 3 aromatic rings. The van der Waals surface area contributed by atoms with Crippen LogP contribution in [0.15, 0.2) is 41.5 Å². The predicted octanol–water partition coefficient (Wildman–Crippen LogP) is 2.81. The predicted molar refractivity (Wildman–Crippen MR) is 92.2 cm³/mol. The highest BCUT2D eigenvalue weighted by Crippen LogP contribution is 2.22. The first-order valence-electron chi connectivity index (χ1n) is 8.40. The number of rotatable bonds is 3. The van der Waals surface area contributed by atoms with Crippen LogP contribution >= 0.6 is 0 Å². The average molecular weight is 372 g/mol. The summed E-state index contributed by atoms with van der Waals surface area (Å²) >= 11 is 0. The van der Waals surface area contributed by atoms with Gasteiger partial charge in [-0.25, -0.2) is 18.2 Å². The molecule has 1 aliphatic heterocycles. The zero-order chi connectivity index (χ0) is 19.0. The lowest BCUT2D eigenvalue weighted by atomic mass is 10.0. The molecule has 0 atom stereocenters. The van der Waals surface area contributed by atoms with E-state index in [0.717, 1.165) is 17.7 Å². The monoisotopic (exact) mass is 372 g/mol. The van der Waals surface area contributed by atoms with Crippen molar-refractivity contribution in [3.8, 4) is 11.4 Å². The average Bonchev–Trinajstić information content (AvgIpc) is 2.69. The minimum absolute atomic E-state index is 0.125. The van der Waals surface area contributed by atoms with Gasteiger partial charge in [-0.2, -0.15) is 0 Å². The molecule has 0 saturated carbocycles. The quantitative estimate of drug-likeness (QED) is 0.719. The zero-order valence-electron chi connectivity index (χ0n) is 14.2. The summed E-state index contributed by atoms with van der Waals surface area (Å²) in [6, 6.07) is 5.15. The van der Waals surface area contributed by atoms with E-state index >= 15 is 0 Å². The Hall–Kier alpha value is -3.00. The van der Waals surface area contributed by atoms with Gasteiger partial charge in [0.15, 0.2) is 11.6 Å². The minimum Gasteiger partial charge on any atom is -0.306 e. The summed E-state index contributed by atoms with van der Waals surface area (Å²) in [7, 11) is 0. The van der Waals surface area contributed by atoms with E-state index in [2.05, 4.69) is 15.0 Å². The van der Waals surface area contributed by atoms with Crippen LogP contribution in [0.1, 0.15) is 16.8 Å². The molecule has 0 amide bonds. The van der Waals surface area contributed by atoms with Gasteiger partial charge in [-0.1, -0.05) is 0 Å². The van der Waals surface area contributed by atoms with Gasteiger partial charge in [-0.05, 0) is 24.3 Å². The smallest absolute Gasteiger partial charge is 0.255 e. The Morgan fingerprint density at radius 3 is 2.59 bits per heavy atom. The van der Waals surface area contributed by atoms with E-state index in [1.54, 1.807) is 29.4 Å². The van der Waals surface area contributed by atoms with E-state index in [4.69, 9.17) is 0 Å². The van der Waals surface area contributed by atoms with Crippen LogP contribution in [-0.2, 0) is 19.5 Å². The number of nitrogens with one attached hydrogen (secondary N) is 1. The van der Waals surface area contributed by atoms with Crippen molar-refractivity contribution in [1.82, 2.24) is 19.9 Å². The van der Waals surface area contributed by atoms with Crippen LogP contribution in [0.4, 0.5) is 13.2 Å². The van der Waals surface area contributed by atoms with Gasteiger partial charge in [0, 0.05) is 49.6 Å². The summed E-state index contributed by atoms with van der Waals surface area (Å²) in [6.45, 7) is 0.513. The molecule has 0 aliphatic carbocycles. The topological polar surface area (TPSA) is 61.9 Å². The molecule has 0 bridgehead atoms. The van der Waals surface area contributed by atoms with Crippen molar-refractivity contribution >= 4 is 0 Å². The Bertz CT molecular complexity index is 1050. The SMILES string of the molecule is O=c1[nH]c(-c2ccncc2)nc2c1CN(Cc1c(F)ccc(F)c1F)CC2. The number of hydrogen-bond acceptors (Lipinski definition) is 4. The number of hydrogen-bond donors (Lipinski definition) is 1. The maximum absolute atomic E-state index is 13.9. The first kappa shape index (κ1) is 17.4. The highest BCUT2D eigenvalue weighted by atomic mass is 19.2. The van der Waals surface area contributed by atoms with Crippen molar-refractivity contribution in [3.63, 3.8) is 0 Å². The summed E-state index contributed by atoms with van der Waals surface area (Å²) in [6.07, 6.45) is 3.67. The molecule has 1 N–H and O–H groups in total. The summed E-state index contributed by atoms with van der Waals surface area (Å²) in [5.41, 5.74) is 1.22. The Labute approximate surface area is 152 Å². The Kier molecular flexibility index (Phi) is 4.49. The van der Waals surface area contributed by atoms with Gasteiger partial charge in [0.05, 0.1) is 11.3 Å². The third kappa shape index (κ3) is 3.35. The van der Waals surface area contributed by atoms with Gasteiger partial charge >= 0.3 is 0 Å². The second-order valence-corrected chi connectivity index (χ2v) is 6.36. The maximum Gasteiger partial charge on any atom is 0.255 e. The maximum atomic E-state index is 13.9. The van der Waals surface area contributed by atoms with E-state index < -0.39 is 17.5 Å². The third-order valence-corrected chi connectivity index (χ3v) is 4.62. The Morgan fingerprint density at radius 1 is 1.07 bits per heavy atom.